The van der Waals surface area contributed by atoms with Gasteiger partial charge in [0.2, 0.25) is 0 Å². The molecule has 0 spiro atoms. The molecule has 2 saturated carbocycles. The number of aliphatic hydroxyl groups is 1. The molecule has 0 radical (unpaired) electrons. The van der Waals surface area contributed by atoms with Gasteiger partial charge in [-0.2, -0.15) is 0 Å². The molecule has 0 aromatic heterocycles. The van der Waals surface area contributed by atoms with Crippen molar-refractivity contribution < 1.29 is 14.2 Å². The smallest absolute Gasteiger partial charge is 0.146 e. The van der Waals surface area contributed by atoms with Crippen molar-refractivity contribution in [3.63, 3.8) is 0 Å². The molecule has 4 unspecified atom stereocenters. The Hall–Kier alpha value is -0.590. The number of hydrogen-bond acceptors (Lipinski definition) is 4. The Morgan fingerprint density at radius 2 is 1.83 bits per heavy atom. The van der Waals surface area contributed by atoms with Crippen LogP contribution in [0.2, 0.25) is 0 Å². The molecule has 4 rings (SSSR count). The standard InChI is InChI=1S/C22H33FN2O2.2ClH/c23-21-3-1-2-4-22(21)25-10-8-24(9-11-25)15-20(26)16-27-12-7-19-14-17-5-6-18(19)13-17;;/h1-4,17-20,26H,5-16H2;2*1H. The third-order valence-corrected chi connectivity index (χ3v) is 6.86. The number of β-amino-alcohol motifs (C(OH)–C–C–N with tert-alkyl or cyclic N) is 1. The lowest BCUT2D eigenvalue weighted by Crippen LogP contribution is -2.49. The Morgan fingerprint density at radius 1 is 1.07 bits per heavy atom. The Labute approximate surface area is 186 Å². The van der Waals surface area contributed by atoms with E-state index in [1.54, 1.807) is 6.07 Å². The summed E-state index contributed by atoms with van der Waals surface area (Å²) in [7, 11) is 0. The molecule has 1 heterocycles. The number of piperazine rings is 1. The molecule has 0 amide bonds. The maximum Gasteiger partial charge on any atom is 0.146 e. The van der Waals surface area contributed by atoms with Gasteiger partial charge in [0.1, 0.15) is 5.82 Å². The maximum absolute atomic E-state index is 13.9. The SMILES string of the molecule is Cl.Cl.OC(COCCC1CC2CCC1C2)CN1CCN(c2ccccc2F)CC1. The van der Waals surface area contributed by atoms with Crippen molar-refractivity contribution in [1.29, 1.82) is 0 Å². The van der Waals surface area contributed by atoms with Gasteiger partial charge in [-0.3, -0.25) is 4.90 Å². The highest BCUT2D eigenvalue weighted by atomic mass is 35.5. The van der Waals surface area contributed by atoms with E-state index in [2.05, 4.69) is 9.80 Å². The summed E-state index contributed by atoms with van der Waals surface area (Å²) in [5, 5.41) is 10.3. The van der Waals surface area contributed by atoms with Crippen LogP contribution in [0.5, 0.6) is 0 Å². The summed E-state index contributed by atoms with van der Waals surface area (Å²) in [6.45, 7) is 5.12. The van der Waals surface area contributed by atoms with Crippen molar-refractivity contribution in [1.82, 2.24) is 4.90 Å². The van der Waals surface area contributed by atoms with E-state index in [0.717, 1.165) is 57.0 Å². The van der Waals surface area contributed by atoms with E-state index < -0.39 is 6.10 Å². The third kappa shape index (κ3) is 6.44. The van der Waals surface area contributed by atoms with Gasteiger partial charge in [0.15, 0.2) is 0 Å². The first-order valence-corrected chi connectivity index (χ1v) is 10.7. The summed E-state index contributed by atoms with van der Waals surface area (Å²) in [4.78, 5) is 4.34. The molecule has 1 aromatic carbocycles. The summed E-state index contributed by atoms with van der Waals surface area (Å²) < 4.78 is 19.7. The molecule has 1 saturated heterocycles. The summed E-state index contributed by atoms with van der Waals surface area (Å²) in [6.07, 6.45) is 6.46. The van der Waals surface area contributed by atoms with E-state index in [-0.39, 0.29) is 30.6 Å². The van der Waals surface area contributed by atoms with Crippen molar-refractivity contribution in [2.45, 2.75) is 38.2 Å². The molecular formula is C22H35Cl2FN2O2. The number of rotatable bonds is 8. The Kier molecular flexibility index (Phi) is 9.96. The molecule has 2 bridgehead atoms. The number of ether oxygens (including phenoxy) is 1. The number of nitrogens with zero attached hydrogens (tertiary/aromatic N) is 2. The van der Waals surface area contributed by atoms with Crippen molar-refractivity contribution in [3.05, 3.63) is 30.1 Å². The van der Waals surface area contributed by atoms with Gasteiger partial charge in [0, 0.05) is 39.3 Å². The first-order valence-electron chi connectivity index (χ1n) is 10.7. The Balaban J connectivity index is 0.00000150. The molecule has 29 heavy (non-hydrogen) atoms. The van der Waals surface area contributed by atoms with Gasteiger partial charge in [0.25, 0.3) is 0 Å². The summed E-state index contributed by atoms with van der Waals surface area (Å²) in [6, 6.07) is 6.95. The van der Waals surface area contributed by atoms with Crippen molar-refractivity contribution in [2.24, 2.45) is 17.8 Å². The molecule has 3 aliphatic rings. The number of aliphatic hydroxyl groups excluding tert-OH is 1. The van der Waals surface area contributed by atoms with E-state index in [1.807, 2.05) is 12.1 Å². The number of anilines is 1. The Bertz CT molecular complexity index is 616. The predicted octanol–water partition coefficient (Wildman–Crippen LogP) is 4.00. The number of benzene rings is 1. The summed E-state index contributed by atoms with van der Waals surface area (Å²) in [5.74, 6) is 2.66. The largest absolute Gasteiger partial charge is 0.389 e. The van der Waals surface area contributed by atoms with Gasteiger partial charge < -0.3 is 14.7 Å². The van der Waals surface area contributed by atoms with Crippen molar-refractivity contribution >= 4 is 30.5 Å². The van der Waals surface area contributed by atoms with Crippen LogP contribution in [0.4, 0.5) is 10.1 Å². The highest BCUT2D eigenvalue weighted by Gasteiger charge is 2.38. The first-order chi connectivity index (χ1) is 13.2. The minimum atomic E-state index is -0.440. The van der Waals surface area contributed by atoms with Gasteiger partial charge in [-0.25, -0.2) is 4.39 Å². The monoisotopic (exact) mass is 448 g/mol. The van der Waals surface area contributed by atoms with Crippen LogP contribution >= 0.6 is 24.8 Å². The molecule has 1 N–H and O–H groups in total. The zero-order valence-corrected chi connectivity index (χ0v) is 18.7. The maximum atomic E-state index is 13.9. The molecular weight excluding hydrogens is 414 g/mol. The molecule has 4 atom stereocenters. The van der Waals surface area contributed by atoms with Crippen LogP contribution in [0.25, 0.3) is 0 Å². The minimum absolute atomic E-state index is 0. The molecule has 3 fully saturated rings. The van der Waals surface area contributed by atoms with E-state index >= 15 is 0 Å². The molecule has 1 aromatic rings. The van der Waals surface area contributed by atoms with Crippen LogP contribution in [-0.4, -0.2) is 62.0 Å². The lowest BCUT2D eigenvalue weighted by atomic mass is 9.87. The fourth-order valence-electron chi connectivity index (χ4n) is 5.41. The Morgan fingerprint density at radius 3 is 2.48 bits per heavy atom. The van der Waals surface area contributed by atoms with E-state index in [9.17, 15) is 9.50 Å². The second-order valence-electron chi connectivity index (χ2n) is 8.69. The molecule has 1 aliphatic heterocycles. The van der Waals surface area contributed by atoms with Crippen LogP contribution in [0.1, 0.15) is 32.1 Å². The van der Waals surface area contributed by atoms with E-state index in [4.69, 9.17) is 4.74 Å². The summed E-state index contributed by atoms with van der Waals surface area (Å²) in [5.41, 5.74) is 0.682. The first kappa shape index (κ1) is 24.7. The lowest BCUT2D eigenvalue weighted by molar-refractivity contribution is 0.0100. The average Bonchev–Trinajstić information content (AvgIpc) is 3.30. The quantitative estimate of drug-likeness (QED) is 0.609. The lowest BCUT2D eigenvalue weighted by Gasteiger charge is -2.37. The minimum Gasteiger partial charge on any atom is -0.389 e. The van der Waals surface area contributed by atoms with E-state index in [0.29, 0.717) is 18.8 Å². The van der Waals surface area contributed by atoms with Crippen molar-refractivity contribution in [2.75, 3.05) is 50.8 Å². The molecule has 2 aliphatic carbocycles. The van der Waals surface area contributed by atoms with Crippen LogP contribution in [-0.2, 0) is 4.74 Å². The number of halogens is 3. The molecule has 7 heteroatoms. The topological polar surface area (TPSA) is 35.9 Å². The predicted molar refractivity (Wildman–Crippen MR) is 120 cm³/mol. The van der Waals surface area contributed by atoms with Crippen LogP contribution in [0.15, 0.2) is 24.3 Å². The zero-order chi connectivity index (χ0) is 18.6. The third-order valence-electron chi connectivity index (χ3n) is 6.86. The van der Waals surface area contributed by atoms with Crippen LogP contribution in [0, 0.1) is 23.6 Å². The highest BCUT2D eigenvalue weighted by Crippen LogP contribution is 2.49. The van der Waals surface area contributed by atoms with Gasteiger partial charge in [-0.15, -0.1) is 24.8 Å². The number of fused-ring (bicyclic) bond motifs is 2. The average molecular weight is 449 g/mol. The summed E-state index contributed by atoms with van der Waals surface area (Å²) >= 11 is 0. The van der Waals surface area contributed by atoms with Gasteiger partial charge in [-0.05, 0) is 55.6 Å². The fraction of sp³-hybridized carbons (Fsp3) is 0.727. The second-order valence-corrected chi connectivity index (χ2v) is 8.69. The van der Waals surface area contributed by atoms with Crippen LogP contribution in [0.3, 0.4) is 0 Å². The molecule has 4 nitrogen and oxygen atoms in total. The fourth-order valence-corrected chi connectivity index (χ4v) is 5.41. The van der Waals surface area contributed by atoms with Gasteiger partial charge in [0.05, 0.1) is 18.4 Å². The van der Waals surface area contributed by atoms with Crippen molar-refractivity contribution in [3.8, 4) is 0 Å². The number of hydrogen-bond donors (Lipinski definition) is 1. The molecule has 166 valence electrons. The van der Waals surface area contributed by atoms with Gasteiger partial charge >= 0.3 is 0 Å². The van der Waals surface area contributed by atoms with Crippen LogP contribution < -0.4 is 4.90 Å². The highest BCUT2D eigenvalue weighted by molar-refractivity contribution is 5.85. The normalized spacial score (nSPS) is 27.4. The zero-order valence-electron chi connectivity index (χ0n) is 17.0. The number of para-hydroxylation sites is 1. The van der Waals surface area contributed by atoms with E-state index in [1.165, 1.54) is 31.7 Å². The second kappa shape index (κ2) is 11.7. The van der Waals surface area contributed by atoms with Gasteiger partial charge in [-0.1, -0.05) is 18.6 Å².